The van der Waals surface area contributed by atoms with E-state index in [-0.39, 0.29) is 18.9 Å². The normalized spacial score (nSPS) is 11.6. The minimum atomic E-state index is -1.17. The number of carboxylic acid groups (broad SMARTS) is 1. The summed E-state index contributed by atoms with van der Waals surface area (Å²) in [4.78, 5) is 25.8. The largest absolute Gasteiger partial charge is 0.493 e. The minimum absolute atomic E-state index is 0.129. The van der Waals surface area contributed by atoms with Crippen LogP contribution in [0.4, 0.5) is 0 Å². The Bertz CT molecular complexity index is 1300. The molecule has 0 spiro atoms. The lowest BCUT2D eigenvalue weighted by atomic mass is 10.1. The lowest BCUT2D eigenvalue weighted by molar-refractivity contribution is -0.137. The van der Waals surface area contributed by atoms with E-state index in [2.05, 4.69) is 0 Å². The highest BCUT2D eigenvalue weighted by Gasteiger charge is 2.26. The van der Waals surface area contributed by atoms with Gasteiger partial charge in [0.1, 0.15) is 11.5 Å². The Balaban J connectivity index is 1.53. The molecule has 0 fully saturated rings. The molecule has 196 valence electrons. The van der Waals surface area contributed by atoms with Gasteiger partial charge in [0, 0.05) is 28.7 Å². The predicted octanol–water partition coefficient (Wildman–Crippen LogP) is 6.30. The van der Waals surface area contributed by atoms with Gasteiger partial charge in [-0.15, -0.1) is 0 Å². The molecule has 0 bridgehead atoms. The lowest BCUT2D eigenvalue weighted by Crippen LogP contribution is -2.34. The average Bonchev–Trinajstić information content (AvgIpc) is 3.49. The molecule has 7 nitrogen and oxygen atoms in total. The van der Waals surface area contributed by atoms with Gasteiger partial charge in [0.15, 0.2) is 6.23 Å². The van der Waals surface area contributed by atoms with Crippen LogP contribution in [-0.4, -0.2) is 33.6 Å². The number of aliphatic hydroxyl groups excluding tert-OH is 1. The number of carbonyl (C=O) groups is 2. The topological polar surface area (TPSA) is 100 Å². The van der Waals surface area contributed by atoms with Crippen molar-refractivity contribution >= 4 is 11.9 Å². The first-order valence-electron chi connectivity index (χ1n) is 12.6. The van der Waals surface area contributed by atoms with Gasteiger partial charge >= 0.3 is 5.97 Å². The number of unbranched alkanes of at least 4 members (excludes halogenated alkanes) is 2. The molecule has 4 rings (SSSR count). The van der Waals surface area contributed by atoms with E-state index in [1.165, 1.54) is 4.90 Å². The number of benzene rings is 3. The van der Waals surface area contributed by atoms with E-state index in [0.717, 1.165) is 24.0 Å². The second-order valence-corrected chi connectivity index (χ2v) is 8.93. The molecule has 0 saturated heterocycles. The number of carboxylic acids is 1. The van der Waals surface area contributed by atoms with Crippen LogP contribution in [0.15, 0.2) is 102 Å². The second-order valence-electron chi connectivity index (χ2n) is 8.93. The van der Waals surface area contributed by atoms with E-state index in [0.29, 0.717) is 35.7 Å². The predicted molar refractivity (Wildman–Crippen MR) is 143 cm³/mol. The average molecular weight is 514 g/mol. The number of para-hydroxylation sites is 1. The zero-order chi connectivity index (χ0) is 26.7. The van der Waals surface area contributed by atoms with Crippen molar-refractivity contribution in [2.24, 2.45) is 0 Å². The van der Waals surface area contributed by atoms with E-state index >= 15 is 0 Å². The van der Waals surface area contributed by atoms with Crippen LogP contribution in [0.1, 0.15) is 53.4 Å². The third kappa shape index (κ3) is 7.11. The summed E-state index contributed by atoms with van der Waals surface area (Å²) in [6.07, 6.45) is 2.65. The Hall–Kier alpha value is -4.36. The van der Waals surface area contributed by atoms with Gasteiger partial charge in [-0.05, 0) is 49.6 Å². The van der Waals surface area contributed by atoms with Crippen LogP contribution in [0.3, 0.4) is 0 Å². The van der Waals surface area contributed by atoms with Crippen molar-refractivity contribution in [2.75, 3.05) is 6.61 Å². The van der Waals surface area contributed by atoms with Crippen molar-refractivity contribution < 1.29 is 29.0 Å². The van der Waals surface area contributed by atoms with Crippen molar-refractivity contribution in [3.8, 4) is 17.1 Å². The highest BCUT2D eigenvalue weighted by molar-refractivity contribution is 5.95. The zero-order valence-electron chi connectivity index (χ0n) is 21.0. The fourth-order valence-corrected chi connectivity index (χ4v) is 4.16. The first-order chi connectivity index (χ1) is 18.5. The van der Waals surface area contributed by atoms with E-state index in [4.69, 9.17) is 14.3 Å². The van der Waals surface area contributed by atoms with Gasteiger partial charge in [-0.2, -0.15) is 0 Å². The maximum absolute atomic E-state index is 13.7. The molecule has 4 aromatic rings. The molecule has 0 aliphatic rings. The fourth-order valence-electron chi connectivity index (χ4n) is 4.16. The Morgan fingerprint density at radius 2 is 1.58 bits per heavy atom. The molecule has 3 aromatic carbocycles. The maximum Gasteiger partial charge on any atom is 0.303 e. The van der Waals surface area contributed by atoms with Gasteiger partial charge < -0.3 is 24.3 Å². The van der Waals surface area contributed by atoms with Crippen molar-refractivity contribution in [3.63, 3.8) is 0 Å². The lowest BCUT2D eigenvalue weighted by Gasteiger charge is -2.29. The number of aliphatic hydroxyl groups is 1. The number of hydrogen-bond donors (Lipinski definition) is 2. The highest BCUT2D eigenvalue weighted by Crippen LogP contribution is 2.28. The highest BCUT2D eigenvalue weighted by atomic mass is 16.5. The van der Waals surface area contributed by atoms with Crippen LogP contribution >= 0.6 is 0 Å². The molecule has 0 aliphatic heterocycles. The minimum Gasteiger partial charge on any atom is -0.493 e. The number of carbonyl (C=O) groups excluding carboxylic acids is 1. The smallest absolute Gasteiger partial charge is 0.303 e. The number of nitrogens with zero attached hydrogens (tertiary/aromatic N) is 1. The quantitative estimate of drug-likeness (QED) is 0.161. The molecular formula is C31H31NO6. The number of aliphatic carboxylic acids is 1. The third-order valence-electron chi connectivity index (χ3n) is 6.20. The van der Waals surface area contributed by atoms with E-state index in [1.54, 1.807) is 30.5 Å². The van der Waals surface area contributed by atoms with Crippen LogP contribution in [0.5, 0.6) is 5.75 Å². The third-order valence-corrected chi connectivity index (χ3v) is 6.20. The number of furan rings is 1. The number of rotatable bonds is 13. The van der Waals surface area contributed by atoms with Crippen LogP contribution in [-0.2, 0) is 11.3 Å². The monoisotopic (exact) mass is 513 g/mol. The Morgan fingerprint density at radius 1 is 0.842 bits per heavy atom. The summed E-state index contributed by atoms with van der Waals surface area (Å²) in [6.45, 7) is 0.560. The Morgan fingerprint density at radius 3 is 2.29 bits per heavy atom. The Kier molecular flexibility index (Phi) is 9.32. The standard InChI is InChI=1S/C31H31NO6/c33-29(34)15-5-2-8-20-37-28-13-7-6-12-26(28)22-32(30(35)24-10-3-1-4-11-24)31(36)25-18-16-23(17-19-25)27-14-9-21-38-27/h1,3-4,6-7,9-14,16-19,21,30,35H,2,5,8,15,20,22H2,(H,33,34). The summed E-state index contributed by atoms with van der Waals surface area (Å²) in [7, 11) is 0. The first-order valence-corrected chi connectivity index (χ1v) is 12.6. The van der Waals surface area contributed by atoms with Gasteiger partial charge in [-0.3, -0.25) is 9.59 Å². The van der Waals surface area contributed by atoms with Crippen molar-refractivity contribution in [2.45, 2.75) is 38.5 Å². The summed E-state index contributed by atoms with van der Waals surface area (Å²) in [5.41, 5.74) is 2.65. The number of amides is 1. The zero-order valence-corrected chi connectivity index (χ0v) is 21.0. The van der Waals surface area contributed by atoms with Gasteiger partial charge in [0.05, 0.1) is 19.4 Å². The molecule has 1 unspecified atom stereocenters. The number of hydrogen-bond acceptors (Lipinski definition) is 5. The molecule has 1 amide bonds. The van der Waals surface area contributed by atoms with Crippen LogP contribution in [0.2, 0.25) is 0 Å². The molecule has 7 heteroatoms. The summed E-state index contributed by atoms with van der Waals surface area (Å²) < 4.78 is 11.4. The van der Waals surface area contributed by atoms with Crippen LogP contribution in [0, 0.1) is 0 Å². The Labute approximate surface area is 221 Å². The molecule has 0 saturated carbocycles. The molecule has 1 atom stereocenters. The van der Waals surface area contributed by atoms with Gasteiger partial charge in [-0.1, -0.05) is 60.7 Å². The van der Waals surface area contributed by atoms with Crippen molar-refractivity contribution in [1.82, 2.24) is 4.90 Å². The summed E-state index contributed by atoms with van der Waals surface area (Å²) in [6, 6.07) is 27.2. The maximum atomic E-state index is 13.7. The summed E-state index contributed by atoms with van der Waals surface area (Å²) in [5.74, 6) is 0.209. The van der Waals surface area contributed by atoms with Crippen molar-refractivity contribution in [3.05, 3.63) is 114 Å². The first kappa shape index (κ1) is 26.7. The number of ether oxygens (including phenoxy) is 1. The molecule has 2 N–H and O–H groups in total. The van der Waals surface area contributed by atoms with Gasteiger partial charge in [0.25, 0.3) is 5.91 Å². The van der Waals surface area contributed by atoms with E-state index in [9.17, 15) is 14.7 Å². The molecule has 0 aliphatic carbocycles. The SMILES string of the molecule is O=C(O)CCCCCOc1ccccc1CN(C(=O)c1ccc(-c2ccco2)cc1)C(O)c1ccccc1. The molecule has 38 heavy (non-hydrogen) atoms. The van der Waals surface area contributed by atoms with Crippen LogP contribution in [0.25, 0.3) is 11.3 Å². The van der Waals surface area contributed by atoms with E-state index in [1.807, 2.05) is 66.7 Å². The van der Waals surface area contributed by atoms with Gasteiger partial charge in [0.2, 0.25) is 0 Å². The molecule has 0 radical (unpaired) electrons. The fraction of sp³-hybridized carbons (Fsp3) is 0.226. The molecule has 1 heterocycles. The second kappa shape index (κ2) is 13.3. The summed E-state index contributed by atoms with van der Waals surface area (Å²) in [5, 5.41) is 20.1. The summed E-state index contributed by atoms with van der Waals surface area (Å²) >= 11 is 0. The van der Waals surface area contributed by atoms with Crippen LogP contribution < -0.4 is 4.74 Å². The van der Waals surface area contributed by atoms with Gasteiger partial charge in [-0.25, -0.2) is 0 Å². The molecule has 1 aromatic heterocycles. The van der Waals surface area contributed by atoms with E-state index < -0.39 is 12.2 Å². The van der Waals surface area contributed by atoms with Crippen molar-refractivity contribution in [1.29, 1.82) is 0 Å². The molecular weight excluding hydrogens is 482 g/mol.